The molecule has 0 saturated carbocycles. The highest BCUT2D eigenvalue weighted by molar-refractivity contribution is 5.95. The van der Waals surface area contributed by atoms with Gasteiger partial charge >= 0.3 is 0 Å². The average Bonchev–Trinajstić information content (AvgIpc) is 3.24. The summed E-state index contributed by atoms with van der Waals surface area (Å²) in [5, 5.41) is 4.05. The summed E-state index contributed by atoms with van der Waals surface area (Å²) in [4.78, 5) is 24.6. The number of nitrogens with zero attached hydrogens (tertiary/aromatic N) is 5. The summed E-state index contributed by atoms with van der Waals surface area (Å²) in [6.45, 7) is 0.599. The molecule has 29 heavy (non-hydrogen) atoms. The molecular weight excluding hydrogens is 369 g/mol. The Morgan fingerprint density at radius 2 is 1.97 bits per heavy atom. The monoisotopic (exact) mass is 385 g/mol. The molecule has 5 rings (SSSR count). The molecule has 0 saturated heterocycles. The van der Waals surface area contributed by atoms with E-state index >= 15 is 0 Å². The molecule has 0 spiro atoms. The minimum absolute atomic E-state index is 0.298. The van der Waals surface area contributed by atoms with Crippen molar-refractivity contribution in [3.05, 3.63) is 72.8 Å². The largest absolute Gasteiger partial charge is 0.368 e. The first-order valence-electron chi connectivity index (χ1n) is 9.16. The molecule has 0 amide bonds. The Kier molecular flexibility index (Phi) is 4.28. The van der Waals surface area contributed by atoms with E-state index < -0.39 is 0 Å². The molecule has 142 valence electrons. The number of H-pyrrole nitrogens is 1. The number of rotatable bonds is 5. The zero-order valence-electron chi connectivity index (χ0n) is 15.3. The first-order valence-corrected chi connectivity index (χ1v) is 9.16. The highest BCUT2D eigenvalue weighted by atomic mass is 19.1. The third-order valence-corrected chi connectivity index (χ3v) is 4.73. The van der Waals surface area contributed by atoms with Crippen LogP contribution in [0.25, 0.3) is 33.3 Å². The van der Waals surface area contributed by atoms with Crippen LogP contribution in [0.1, 0.15) is 5.56 Å². The van der Waals surface area contributed by atoms with Crippen molar-refractivity contribution in [2.75, 3.05) is 11.9 Å². The number of imidazole rings is 1. The molecule has 5 aromatic rings. The van der Waals surface area contributed by atoms with E-state index in [9.17, 15) is 4.39 Å². The molecule has 1 aromatic carbocycles. The molecule has 0 bridgehead atoms. The van der Waals surface area contributed by atoms with Gasteiger partial charge in [0, 0.05) is 29.9 Å². The highest BCUT2D eigenvalue weighted by Gasteiger charge is 2.13. The summed E-state index contributed by atoms with van der Waals surface area (Å²) >= 11 is 0. The number of aromatic nitrogens is 6. The lowest BCUT2D eigenvalue weighted by molar-refractivity contribution is 0.629. The molecule has 0 unspecified atom stereocenters. The van der Waals surface area contributed by atoms with Crippen molar-refractivity contribution in [1.29, 1.82) is 0 Å². The van der Waals surface area contributed by atoms with Gasteiger partial charge < -0.3 is 10.3 Å². The van der Waals surface area contributed by atoms with Crippen LogP contribution in [-0.4, -0.2) is 36.4 Å². The Morgan fingerprint density at radius 1 is 1.00 bits per heavy atom. The number of anilines is 1. The normalized spacial score (nSPS) is 11.2. The molecule has 8 heteroatoms. The summed E-state index contributed by atoms with van der Waals surface area (Å²) in [7, 11) is 0. The van der Waals surface area contributed by atoms with Crippen LogP contribution in [-0.2, 0) is 6.42 Å². The minimum Gasteiger partial charge on any atom is -0.368 e. The molecule has 0 radical (unpaired) electrons. The van der Waals surface area contributed by atoms with Crippen molar-refractivity contribution in [2.45, 2.75) is 6.42 Å². The Morgan fingerprint density at radius 3 is 2.86 bits per heavy atom. The number of fused-ring (bicyclic) bond motifs is 2. The van der Waals surface area contributed by atoms with Gasteiger partial charge in [-0.2, -0.15) is 0 Å². The molecule has 2 N–H and O–H groups in total. The Labute approximate surface area is 165 Å². The van der Waals surface area contributed by atoms with Crippen LogP contribution in [0.4, 0.5) is 10.2 Å². The van der Waals surface area contributed by atoms with Gasteiger partial charge in [0.1, 0.15) is 17.7 Å². The van der Waals surface area contributed by atoms with E-state index in [1.54, 1.807) is 18.6 Å². The first-order chi connectivity index (χ1) is 14.3. The van der Waals surface area contributed by atoms with Gasteiger partial charge in [0.05, 0.1) is 17.5 Å². The van der Waals surface area contributed by atoms with Crippen LogP contribution < -0.4 is 5.32 Å². The second-order valence-corrected chi connectivity index (χ2v) is 6.53. The van der Waals surface area contributed by atoms with Crippen LogP contribution >= 0.6 is 0 Å². The molecule has 7 nitrogen and oxygen atoms in total. The van der Waals surface area contributed by atoms with E-state index in [-0.39, 0.29) is 5.82 Å². The number of pyridine rings is 2. The maximum atomic E-state index is 14.0. The van der Waals surface area contributed by atoms with Gasteiger partial charge in [-0.25, -0.2) is 19.3 Å². The van der Waals surface area contributed by atoms with Gasteiger partial charge in [0.2, 0.25) is 0 Å². The van der Waals surface area contributed by atoms with Crippen LogP contribution in [0.15, 0.2) is 61.4 Å². The summed E-state index contributed by atoms with van der Waals surface area (Å²) in [6, 6.07) is 10.3. The zero-order valence-corrected chi connectivity index (χ0v) is 15.3. The van der Waals surface area contributed by atoms with Crippen molar-refractivity contribution in [3.8, 4) is 11.3 Å². The van der Waals surface area contributed by atoms with Gasteiger partial charge in [-0.05, 0) is 42.3 Å². The number of halogens is 1. The number of hydrogen-bond donors (Lipinski definition) is 2. The second kappa shape index (κ2) is 7.23. The van der Waals surface area contributed by atoms with Crippen molar-refractivity contribution < 1.29 is 4.39 Å². The van der Waals surface area contributed by atoms with Crippen LogP contribution in [0.3, 0.4) is 0 Å². The first kappa shape index (κ1) is 17.2. The van der Waals surface area contributed by atoms with Gasteiger partial charge in [-0.1, -0.05) is 6.07 Å². The van der Waals surface area contributed by atoms with Crippen LogP contribution in [0.2, 0.25) is 0 Å². The predicted molar refractivity (Wildman–Crippen MR) is 109 cm³/mol. The summed E-state index contributed by atoms with van der Waals surface area (Å²) < 4.78 is 14.0. The summed E-state index contributed by atoms with van der Waals surface area (Å²) in [5.41, 5.74) is 4.76. The summed E-state index contributed by atoms with van der Waals surface area (Å²) in [6.07, 6.45) is 7.30. The lowest BCUT2D eigenvalue weighted by atomic mass is 9.98. The van der Waals surface area contributed by atoms with E-state index in [0.29, 0.717) is 29.9 Å². The number of hydrogen-bond acceptors (Lipinski definition) is 6. The van der Waals surface area contributed by atoms with E-state index in [0.717, 1.165) is 27.7 Å². The van der Waals surface area contributed by atoms with E-state index in [1.165, 1.54) is 18.5 Å². The van der Waals surface area contributed by atoms with E-state index in [1.807, 2.05) is 24.4 Å². The maximum Gasteiger partial charge on any atom is 0.162 e. The van der Waals surface area contributed by atoms with Crippen molar-refractivity contribution in [3.63, 3.8) is 0 Å². The summed E-state index contributed by atoms with van der Waals surface area (Å²) in [5.74, 6) is 0.365. The lowest BCUT2D eigenvalue weighted by Crippen LogP contribution is -2.08. The average molecular weight is 385 g/mol. The van der Waals surface area contributed by atoms with E-state index in [2.05, 4.69) is 35.2 Å². The highest BCUT2D eigenvalue weighted by Crippen LogP contribution is 2.30. The van der Waals surface area contributed by atoms with Gasteiger partial charge in [-0.15, -0.1) is 0 Å². The molecule has 0 aliphatic rings. The SMILES string of the molecule is Fc1ccc2ncc(CCNc3ncnc4[nH]cnc34)c(-c3ccccn3)c2c1. The van der Waals surface area contributed by atoms with Crippen molar-refractivity contribution >= 4 is 27.9 Å². The second-order valence-electron chi connectivity index (χ2n) is 6.53. The lowest BCUT2D eigenvalue weighted by Gasteiger charge is -2.13. The Bertz CT molecular complexity index is 1300. The fraction of sp³-hybridized carbons (Fsp3) is 0.0952. The molecule has 4 heterocycles. The molecular formula is C21H16FN7. The zero-order chi connectivity index (χ0) is 19.6. The quantitative estimate of drug-likeness (QED) is 0.479. The standard InChI is InChI=1S/C21H16FN7/c22-14-4-5-16-15(9-14)18(17-3-1-2-7-23-17)13(10-25-16)6-8-24-20-19-21(27-11-26-19)29-12-28-20/h1-5,7,9-12H,6,8H2,(H2,24,26,27,28,29). The number of nitrogens with one attached hydrogen (secondary N) is 2. The molecule has 0 aliphatic carbocycles. The fourth-order valence-corrected chi connectivity index (χ4v) is 3.42. The minimum atomic E-state index is -0.298. The smallest absolute Gasteiger partial charge is 0.162 e. The Balaban J connectivity index is 1.50. The number of aromatic amines is 1. The van der Waals surface area contributed by atoms with Crippen LogP contribution in [0.5, 0.6) is 0 Å². The molecule has 0 fully saturated rings. The van der Waals surface area contributed by atoms with Crippen molar-refractivity contribution in [2.24, 2.45) is 0 Å². The molecule has 4 aromatic heterocycles. The third kappa shape index (κ3) is 3.25. The van der Waals surface area contributed by atoms with Gasteiger partial charge in [0.15, 0.2) is 11.5 Å². The van der Waals surface area contributed by atoms with E-state index in [4.69, 9.17) is 0 Å². The molecule has 0 atom stereocenters. The van der Waals surface area contributed by atoms with Gasteiger partial charge in [0.25, 0.3) is 0 Å². The topological polar surface area (TPSA) is 92.3 Å². The Hall–Kier alpha value is -3.94. The van der Waals surface area contributed by atoms with Crippen LogP contribution in [0, 0.1) is 5.82 Å². The third-order valence-electron chi connectivity index (χ3n) is 4.73. The van der Waals surface area contributed by atoms with Gasteiger partial charge in [-0.3, -0.25) is 9.97 Å². The van der Waals surface area contributed by atoms with Crippen molar-refractivity contribution in [1.82, 2.24) is 29.9 Å². The fourth-order valence-electron chi connectivity index (χ4n) is 3.42. The predicted octanol–water partition coefficient (Wildman–Crippen LogP) is 3.76. The maximum absolute atomic E-state index is 14.0. The molecule has 0 aliphatic heterocycles. The number of benzene rings is 1.